The first-order valence-electron chi connectivity index (χ1n) is 5.41. The molecule has 1 aliphatic carbocycles. The normalized spacial score (nSPS) is 19.1. The number of rotatable bonds is 4. The number of alkyl halides is 1. The summed E-state index contributed by atoms with van der Waals surface area (Å²) in [6.07, 6.45) is 3.50. The lowest BCUT2D eigenvalue weighted by Gasteiger charge is -2.17. The smallest absolute Gasteiger partial charge is 0.258 e. The highest BCUT2D eigenvalue weighted by Crippen LogP contribution is 2.53. The van der Waals surface area contributed by atoms with Crippen molar-refractivity contribution in [2.75, 3.05) is 0 Å². The van der Waals surface area contributed by atoms with Gasteiger partial charge in [-0.05, 0) is 30.2 Å². The quantitative estimate of drug-likeness (QED) is 0.480. The first-order chi connectivity index (χ1) is 7.53. The van der Waals surface area contributed by atoms with Gasteiger partial charge in [-0.3, -0.25) is 10.1 Å². The Morgan fingerprint density at radius 1 is 1.44 bits per heavy atom. The molecule has 0 saturated heterocycles. The second-order valence-electron chi connectivity index (χ2n) is 4.58. The van der Waals surface area contributed by atoms with Crippen LogP contribution in [-0.4, -0.2) is 9.75 Å². The molecule has 0 amide bonds. The van der Waals surface area contributed by atoms with Crippen LogP contribution in [-0.2, 0) is 6.42 Å². The Kier molecular flexibility index (Phi) is 3.02. The van der Waals surface area contributed by atoms with E-state index in [0.717, 1.165) is 6.42 Å². The minimum atomic E-state index is -0.357. The van der Waals surface area contributed by atoms with Gasteiger partial charge in [0.2, 0.25) is 0 Å². The van der Waals surface area contributed by atoms with Gasteiger partial charge in [0, 0.05) is 17.0 Å². The summed E-state index contributed by atoms with van der Waals surface area (Å²) in [4.78, 5) is 10.7. The van der Waals surface area contributed by atoms with Gasteiger partial charge in [0.1, 0.15) is 0 Å². The molecule has 0 spiro atoms. The van der Waals surface area contributed by atoms with Crippen molar-refractivity contribution >= 4 is 21.6 Å². The maximum atomic E-state index is 10.5. The van der Waals surface area contributed by atoms with E-state index in [1.807, 2.05) is 12.1 Å². The van der Waals surface area contributed by atoms with Gasteiger partial charge < -0.3 is 0 Å². The van der Waals surface area contributed by atoms with Crippen LogP contribution in [0.5, 0.6) is 0 Å². The van der Waals surface area contributed by atoms with Crippen molar-refractivity contribution in [3.05, 3.63) is 39.9 Å². The second kappa shape index (κ2) is 4.17. The van der Waals surface area contributed by atoms with E-state index in [0.29, 0.717) is 10.2 Å². The van der Waals surface area contributed by atoms with Crippen molar-refractivity contribution in [2.45, 2.75) is 31.0 Å². The summed E-state index contributed by atoms with van der Waals surface area (Å²) in [5.74, 6) is 0. The third-order valence-corrected chi connectivity index (χ3v) is 4.41. The number of nitro groups is 1. The van der Waals surface area contributed by atoms with E-state index in [2.05, 4.69) is 22.9 Å². The first kappa shape index (κ1) is 11.6. The van der Waals surface area contributed by atoms with E-state index < -0.39 is 0 Å². The highest BCUT2D eigenvalue weighted by atomic mass is 79.9. The van der Waals surface area contributed by atoms with Crippen LogP contribution in [0.1, 0.15) is 25.3 Å². The van der Waals surface area contributed by atoms with Gasteiger partial charge in [0.05, 0.1) is 4.92 Å². The third kappa shape index (κ3) is 2.26. The predicted octanol–water partition coefficient (Wildman–Crippen LogP) is 3.70. The van der Waals surface area contributed by atoms with Crippen LogP contribution in [0, 0.1) is 15.5 Å². The fraction of sp³-hybridized carbons (Fsp3) is 0.500. The molecule has 2 rings (SSSR count). The van der Waals surface area contributed by atoms with Gasteiger partial charge >= 0.3 is 0 Å². The minimum absolute atomic E-state index is 0.167. The molecule has 1 aromatic rings. The van der Waals surface area contributed by atoms with Crippen LogP contribution in [0.3, 0.4) is 0 Å². The van der Waals surface area contributed by atoms with Gasteiger partial charge in [-0.1, -0.05) is 35.0 Å². The molecule has 0 heterocycles. The van der Waals surface area contributed by atoms with E-state index in [9.17, 15) is 10.1 Å². The molecule has 0 aliphatic heterocycles. The molecular formula is C12H14BrNO2. The molecule has 1 unspecified atom stereocenters. The Bertz CT molecular complexity index is 396. The monoisotopic (exact) mass is 283 g/mol. The molecule has 1 fully saturated rings. The Labute approximate surface area is 103 Å². The lowest BCUT2D eigenvalue weighted by Crippen LogP contribution is -2.15. The number of hydrogen-bond acceptors (Lipinski definition) is 2. The summed E-state index contributed by atoms with van der Waals surface area (Å²) in [6, 6.07) is 6.91. The molecule has 1 aliphatic rings. The number of halogens is 1. The number of benzene rings is 1. The fourth-order valence-corrected chi connectivity index (χ4v) is 2.64. The molecule has 0 N–H and O–H groups in total. The molecular weight excluding hydrogens is 270 g/mol. The summed E-state index contributed by atoms with van der Waals surface area (Å²) in [6.45, 7) is 2.18. The molecule has 4 heteroatoms. The molecule has 3 nitrogen and oxygen atoms in total. The van der Waals surface area contributed by atoms with E-state index >= 15 is 0 Å². The van der Waals surface area contributed by atoms with Crippen LogP contribution in [0.2, 0.25) is 0 Å². The largest absolute Gasteiger partial charge is 0.269 e. The average molecular weight is 284 g/mol. The van der Waals surface area contributed by atoms with Crippen LogP contribution in [0.25, 0.3) is 0 Å². The van der Waals surface area contributed by atoms with Crippen LogP contribution >= 0.6 is 15.9 Å². The topological polar surface area (TPSA) is 43.1 Å². The summed E-state index contributed by atoms with van der Waals surface area (Å²) >= 11 is 3.65. The Morgan fingerprint density at radius 2 is 2.00 bits per heavy atom. The van der Waals surface area contributed by atoms with E-state index in [1.54, 1.807) is 12.1 Å². The maximum absolute atomic E-state index is 10.5. The molecule has 16 heavy (non-hydrogen) atoms. The summed E-state index contributed by atoms with van der Waals surface area (Å²) in [5.41, 5.74) is 1.74. The predicted molar refractivity (Wildman–Crippen MR) is 66.9 cm³/mol. The number of non-ortho nitro benzene ring substituents is 1. The molecule has 86 valence electrons. The zero-order chi connectivity index (χ0) is 11.8. The SMILES string of the molecule is CC(Br)C1(Cc2ccc([N+](=O)[O-])cc2)CC1. The minimum Gasteiger partial charge on any atom is -0.258 e. The number of hydrogen-bond donors (Lipinski definition) is 0. The van der Waals surface area contributed by atoms with Crippen molar-refractivity contribution < 1.29 is 4.92 Å². The summed E-state index contributed by atoms with van der Waals surface area (Å²) < 4.78 is 0. The highest BCUT2D eigenvalue weighted by molar-refractivity contribution is 9.09. The van der Waals surface area contributed by atoms with Gasteiger partial charge in [-0.25, -0.2) is 0 Å². The van der Waals surface area contributed by atoms with Crippen molar-refractivity contribution in [3.63, 3.8) is 0 Å². The Balaban J connectivity index is 2.09. The van der Waals surface area contributed by atoms with Gasteiger partial charge in [-0.2, -0.15) is 0 Å². The molecule has 1 aromatic carbocycles. The average Bonchev–Trinajstić information content (AvgIpc) is 3.00. The van der Waals surface area contributed by atoms with Crippen molar-refractivity contribution in [1.82, 2.24) is 0 Å². The van der Waals surface area contributed by atoms with Crippen LogP contribution in [0.15, 0.2) is 24.3 Å². The lowest BCUT2D eigenvalue weighted by molar-refractivity contribution is -0.384. The standard InChI is InChI=1S/C12H14BrNO2/c1-9(13)12(6-7-12)8-10-2-4-11(5-3-10)14(15)16/h2-5,9H,6-8H2,1H3. The van der Waals surface area contributed by atoms with Gasteiger partial charge in [-0.15, -0.1) is 0 Å². The Hall–Kier alpha value is -0.900. The maximum Gasteiger partial charge on any atom is 0.269 e. The molecule has 1 atom stereocenters. The third-order valence-electron chi connectivity index (χ3n) is 3.44. The van der Waals surface area contributed by atoms with Crippen molar-refractivity contribution in [1.29, 1.82) is 0 Å². The highest BCUT2D eigenvalue weighted by Gasteiger charge is 2.45. The zero-order valence-corrected chi connectivity index (χ0v) is 10.7. The van der Waals surface area contributed by atoms with Crippen LogP contribution < -0.4 is 0 Å². The molecule has 0 bridgehead atoms. The number of nitro benzene ring substituents is 1. The lowest BCUT2D eigenvalue weighted by atomic mass is 9.94. The van der Waals surface area contributed by atoms with E-state index in [1.165, 1.54) is 18.4 Å². The van der Waals surface area contributed by atoms with Gasteiger partial charge in [0.25, 0.3) is 5.69 Å². The molecule has 0 radical (unpaired) electrons. The van der Waals surface area contributed by atoms with Crippen molar-refractivity contribution in [3.8, 4) is 0 Å². The van der Waals surface area contributed by atoms with E-state index in [4.69, 9.17) is 0 Å². The number of nitrogens with zero attached hydrogens (tertiary/aromatic N) is 1. The summed E-state index contributed by atoms with van der Waals surface area (Å²) in [5, 5.41) is 10.5. The summed E-state index contributed by atoms with van der Waals surface area (Å²) in [7, 11) is 0. The first-order valence-corrected chi connectivity index (χ1v) is 6.32. The molecule has 1 saturated carbocycles. The van der Waals surface area contributed by atoms with Gasteiger partial charge in [0.15, 0.2) is 0 Å². The fourth-order valence-electron chi connectivity index (χ4n) is 2.02. The van der Waals surface area contributed by atoms with Crippen molar-refractivity contribution in [2.24, 2.45) is 5.41 Å². The second-order valence-corrected chi connectivity index (χ2v) is 5.95. The van der Waals surface area contributed by atoms with Crippen LogP contribution in [0.4, 0.5) is 5.69 Å². The zero-order valence-electron chi connectivity index (χ0n) is 9.15. The Morgan fingerprint density at radius 3 is 2.38 bits per heavy atom. The molecule has 0 aromatic heterocycles. The van der Waals surface area contributed by atoms with E-state index in [-0.39, 0.29) is 10.6 Å².